The molecule has 0 bridgehead atoms. The summed E-state index contributed by atoms with van der Waals surface area (Å²) in [4.78, 5) is 16.4. The number of hydrogen-bond donors (Lipinski definition) is 1. The molecule has 0 saturated carbocycles. The number of benzene rings is 2. The lowest BCUT2D eigenvalue weighted by molar-refractivity contribution is -0.123. The van der Waals surface area contributed by atoms with Gasteiger partial charge in [-0.15, -0.1) is 11.3 Å². The van der Waals surface area contributed by atoms with Crippen LogP contribution in [0.25, 0.3) is 10.2 Å². The van der Waals surface area contributed by atoms with E-state index >= 15 is 0 Å². The maximum atomic E-state index is 11.9. The minimum absolute atomic E-state index is 0.241. The van der Waals surface area contributed by atoms with Crippen molar-refractivity contribution in [2.24, 2.45) is 5.10 Å². The number of fused-ring (bicyclic) bond motifs is 1. The van der Waals surface area contributed by atoms with Crippen LogP contribution in [-0.4, -0.2) is 23.7 Å². The summed E-state index contributed by atoms with van der Waals surface area (Å²) in [5, 5.41) is 5.37. The number of halogens is 2. The third-order valence-electron chi connectivity index (χ3n) is 3.70. The minimum atomic E-state index is -0.437. The molecule has 0 spiro atoms. The highest BCUT2D eigenvalue weighted by molar-refractivity contribution is 8.01. The Morgan fingerprint density at radius 1 is 1.23 bits per heavy atom. The number of thiazole rings is 1. The Hall–Kier alpha value is -2.52. The van der Waals surface area contributed by atoms with Gasteiger partial charge in [-0.3, -0.25) is 4.79 Å². The highest BCUT2D eigenvalue weighted by atomic mass is 35.5. The van der Waals surface area contributed by atoms with Crippen LogP contribution in [0, 0.1) is 0 Å². The fourth-order valence-electron chi connectivity index (χ4n) is 2.38. The van der Waals surface area contributed by atoms with Crippen molar-refractivity contribution in [3.05, 3.63) is 70.4 Å². The number of amides is 1. The highest BCUT2D eigenvalue weighted by Crippen LogP contribution is 2.34. The van der Waals surface area contributed by atoms with Gasteiger partial charge in [0.15, 0.2) is 16.0 Å². The molecule has 0 unspecified atom stereocenters. The van der Waals surface area contributed by atoms with E-state index in [1.54, 1.807) is 29.5 Å². The molecular formula is C20H13Cl2N3O3S2. The van der Waals surface area contributed by atoms with Crippen LogP contribution in [0.3, 0.4) is 0 Å². The summed E-state index contributed by atoms with van der Waals surface area (Å²) in [5.74, 6) is 0.427. The lowest BCUT2D eigenvalue weighted by Gasteiger charge is -2.06. The third kappa shape index (κ3) is 5.34. The van der Waals surface area contributed by atoms with E-state index in [9.17, 15) is 4.79 Å². The topological polar surface area (TPSA) is 76.7 Å². The number of ether oxygens (including phenoxy) is 1. The van der Waals surface area contributed by atoms with Crippen molar-refractivity contribution in [1.82, 2.24) is 10.4 Å². The number of aromatic nitrogens is 1. The van der Waals surface area contributed by atoms with E-state index in [1.165, 1.54) is 24.0 Å². The Bertz CT molecular complexity index is 1190. The number of hydrazone groups is 1. The highest BCUT2D eigenvalue weighted by Gasteiger charge is 2.09. The van der Waals surface area contributed by atoms with Gasteiger partial charge in [0, 0.05) is 5.02 Å². The number of rotatable bonds is 7. The Morgan fingerprint density at radius 2 is 2.10 bits per heavy atom. The van der Waals surface area contributed by atoms with Gasteiger partial charge in [0.25, 0.3) is 5.91 Å². The summed E-state index contributed by atoms with van der Waals surface area (Å²) in [5.41, 5.74) is 3.33. The molecule has 30 heavy (non-hydrogen) atoms. The maximum Gasteiger partial charge on any atom is 0.277 e. The van der Waals surface area contributed by atoms with Gasteiger partial charge in [0.2, 0.25) is 0 Å². The standard InChI is InChI=1S/C20H13Cl2N3O3S2/c21-12-5-7-16(14(22)9-12)27-11-18(26)25-23-10-13-6-8-19(28-13)30-20-24-15-3-1-2-4-17(15)29-20/h1-10H,11H2,(H,25,26)/b23-10-. The number of nitrogens with zero attached hydrogens (tertiary/aromatic N) is 2. The molecule has 152 valence electrons. The largest absolute Gasteiger partial charge is 0.482 e. The second-order valence-electron chi connectivity index (χ2n) is 5.86. The van der Waals surface area contributed by atoms with Gasteiger partial charge in [-0.25, -0.2) is 10.4 Å². The van der Waals surface area contributed by atoms with Crippen molar-refractivity contribution >= 4 is 68.6 Å². The maximum absolute atomic E-state index is 11.9. The van der Waals surface area contributed by atoms with Crippen LogP contribution in [0.2, 0.25) is 10.0 Å². The van der Waals surface area contributed by atoms with E-state index in [1.807, 2.05) is 30.3 Å². The molecule has 2 aromatic heterocycles. The summed E-state index contributed by atoms with van der Waals surface area (Å²) in [7, 11) is 0. The monoisotopic (exact) mass is 477 g/mol. The van der Waals surface area contributed by atoms with E-state index in [-0.39, 0.29) is 6.61 Å². The molecule has 0 aliphatic carbocycles. The Morgan fingerprint density at radius 3 is 2.93 bits per heavy atom. The van der Waals surface area contributed by atoms with Crippen molar-refractivity contribution < 1.29 is 13.9 Å². The summed E-state index contributed by atoms with van der Waals surface area (Å²) in [6.45, 7) is -0.241. The van der Waals surface area contributed by atoms with Crippen molar-refractivity contribution in [3.8, 4) is 5.75 Å². The third-order valence-corrected chi connectivity index (χ3v) is 6.25. The van der Waals surface area contributed by atoms with Crippen molar-refractivity contribution in [2.45, 2.75) is 9.43 Å². The van der Waals surface area contributed by atoms with Crippen molar-refractivity contribution in [3.63, 3.8) is 0 Å². The number of carbonyl (C=O) groups is 1. The normalized spacial score (nSPS) is 11.3. The first-order valence-electron chi connectivity index (χ1n) is 8.60. The molecule has 0 aliphatic heterocycles. The fourth-order valence-corrected chi connectivity index (χ4v) is 4.81. The lowest BCUT2D eigenvalue weighted by atomic mass is 10.3. The van der Waals surface area contributed by atoms with Crippen LogP contribution in [0.5, 0.6) is 5.75 Å². The van der Waals surface area contributed by atoms with E-state index in [0.717, 1.165) is 14.6 Å². The Labute approximate surface area is 189 Å². The number of nitrogens with one attached hydrogen (secondary N) is 1. The molecule has 0 atom stereocenters. The Balaban J connectivity index is 1.28. The smallest absolute Gasteiger partial charge is 0.277 e. The zero-order valence-electron chi connectivity index (χ0n) is 15.2. The molecule has 0 radical (unpaired) electrons. The Kier molecular flexibility index (Phi) is 6.59. The zero-order valence-corrected chi connectivity index (χ0v) is 18.3. The quantitative estimate of drug-likeness (QED) is 0.265. The van der Waals surface area contributed by atoms with Gasteiger partial charge in [-0.2, -0.15) is 5.10 Å². The number of carbonyl (C=O) groups excluding carboxylic acids is 1. The van der Waals surface area contributed by atoms with E-state index in [0.29, 0.717) is 26.6 Å². The van der Waals surface area contributed by atoms with Gasteiger partial charge in [-0.1, -0.05) is 35.3 Å². The molecular weight excluding hydrogens is 465 g/mol. The molecule has 2 aromatic carbocycles. The molecule has 0 saturated heterocycles. The summed E-state index contributed by atoms with van der Waals surface area (Å²) < 4.78 is 13.0. The number of furan rings is 1. The summed E-state index contributed by atoms with van der Waals surface area (Å²) >= 11 is 14.8. The zero-order chi connectivity index (χ0) is 20.9. The minimum Gasteiger partial charge on any atom is -0.482 e. The second kappa shape index (κ2) is 9.53. The average molecular weight is 478 g/mol. The van der Waals surface area contributed by atoms with Crippen LogP contribution in [0.15, 0.2) is 73.5 Å². The molecule has 2 heterocycles. The number of para-hydroxylation sites is 1. The molecule has 4 rings (SSSR count). The van der Waals surface area contributed by atoms with Crippen molar-refractivity contribution in [1.29, 1.82) is 0 Å². The van der Waals surface area contributed by atoms with Crippen LogP contribution in [0.4, 0.5) is 0 Å². The fraction of sp³-hybridized carbons (Fsp3) is 0.0500. The van der Waals surface area contributed by atoms with E-state index in [2.05, 4.69) is 15.5 Å². The van der Waals surface area contributed by atoms with Gasteiger partial charge >= 0.3 is 0 Å². The predicted molar refractivity (Wildman–Crippen MR) is 120 cm³/mol. The van der Waals surface area contributed by atoms with Crippen LogP contribution < -0.4 is 10.2 Å². The molecule has 6 nitrogen and oxygen atoms in total. The molecule has 1 amide bonds. The first-order valence-corrected chi connectivity index (χ1v) is 11.0. The van der Waals surface area contributed by atoms with Gasteiger partial charge in [0.1, 0.15) is 11.5 Å². The summed E-state index contributed by atoms with van der Waals surface area (Å²) in [6.07, 6.45) is 1.41. The van der Waals surface area contributed by atoms with E-state index < -0.39 is 5.91 Å². The first kappa shape index (κ1) is 20.7. The van der Waals surface area contributed by atoms with Gasteiger partial charge < -0.3 is 9.15 Å². The molecule has 0 aliphatic rings. The van der Waals surface area contributed by atoms with Gasteiger partial charge in [0.05, 0.1) is 21.5 Å². The number of hydrogen-bond acceptors (Lipinski definition) is 7. The molecule has 4 aromatic rings. The summed E-state index contributed by atoms with van der Waals surface area (Å²) in [6, 6.07) is 16.3. The SMILES string of the molecule is O=C(COc1ccc(Cl)cc1Cl)N/N=C\c1ccc(Sc2nc3ccccc3s2)o1. The first-order chi connectivity index (χ1) is 14.6. The second-order valence-corrected chi connectivity index (χ2v) is 8.99. The van der Waals surface area contributed by atoms with E-state index in [4.69, 9.17) is 32.4 Å². The predicted octanol–water partition coefficient (Wildman–Crippen LogP) is 5.88. The molecule has 0 fully saturated rings. The molecule has 10 heteroatoms. The van der Waals surface area contributed by atoms with Crippen LogP contribution >= 0.6 is 46.3 Å². The average Bonchev–Trinajstić information content (AvgIpc) is 3.33. The van der Waals surface area contributed by atoms with Crippen LogP contribution in [-0.2, 0) is 4.79 Å². The van der Waals surface area contributed by atoms with Gasteiger partial charge in [-0.05, 0) is 54.2 Å². The van der Waals surface area contributed by atoms with Crippen LogP contribution in [0.1, 0.15) is 5.76 Å². The lowest BCUT2D eigenvalue weighted by Crippen LogP contribution is -2.24. The molecule has 1 N–H and O–H groups in total. The van der Waals surface area contributed by atoms with Crippen molar-refractivity contribution in [2.75, 3.05) is 6.61 Å².